The molecule has 2 aromatic carbocycles. The van der Waals surface area contributed by atoms with Gasteiger partial charge in [0.1, 0.15) is 0 Å². The molecule has 10 heteroatoms. The van der Waals surface area contributed by atoms with E-state index in [9.17, 15) is 23.3 Å². The number of para-hydroxylation sites is 2. The Morgan fingerprint density at radius 3 is 2.50 bits per heavy atom. The lowest BCUT2D eigenvalue weighted by Crippen LogP contribution is -2.31. The third kappa shape index (κ3) is 3.24. The fourth-order valence-corrected chi connectivity index (χ4v) is 3.78. The minimum absolute atomic E-state index is 0.0288. The van der Waals surface area contributed by atoms with Crippen molar-refractivity contribution in [2.45, 2.75) is 11.4 Å². The number of nitrogens with one attached hydrogen (secondary N) is 1. The number of nitrogens with zero attached hydrogens (tertiary/aromatic N) is 3. The molecule has 136 valence electrons. The summed E-state index contributed by atoms with van der Waals surface area (Å²) in [4.78, 5) is 22.2. The summed E-state index contributed by atoms with van der Waals surface area (Å²) in [6, 6.07) is 12.0. The van der Waals surface area contributed by atoms with E-state index >= 15 is 0 Å². The summed E-state index contributed by atoms with van der Waals surface area (Å²) < 4.78 is 30.0. The molecule has 26 heavy (non-hydrogen) atoms. The number of nitro benzene ring substituents is 1. The van der Waals surface area contributed by atoms with Crippen molar-refractivity contribution in [3.63, 3.8) is 0 Å². The number of rotatable bonds is 6. The number of sulfonamides is 1. The monoisotopic (exact) mass is 376 g/mol. The molecule has 0 radical (unpaired) electrons. The first kappa shape index (κ1) is 17.8. The Kier molecular flexibility index (Phi) is 4.62. The van der Waals surface area contributed by atoms with Gasteiger partial charge in [-0.3, -0.25) is 19.2 Å². The Labute approximate surface area is 148 Å². The van der Waals surface area contributed by atoms with Crippen LogP contribution in [0.1, 0.15) is 0 Å². The van der Waals surface area contributed by atoms with Crippen LogP contribution in [0.2, 0.25) is 0 Å². The van der Waals surface area contributed by atoms with Gasteiger partial charge >= 0.3 is 5.69 Å². The smallest absolute Gasteiger partial charge is 0.295 e. The number of non-ortho nitro benzene ring substituents is 1. The zero-order valence-electron chi connectivity index (χ0n) is 13.8. The molecule has 3 rings (SSSR count). The normalized spacial score (nSPS) is 11.7. The number of hydrogen-bond acceptors (Lipinski definition) is 5. The van der Waals surface area contributed by atoms with Crippen LogP contribution in [0, 0.1) is 10.1 Å². The molecule has 0 bridgehead atoms. The zero-order chi connectivity index (χ0) is 18.9. The summed E-state index contributed by atoms with van der Waals surface area (Å²) in [5, 5.41) is 10.8. The molecule has 1 heterocycles. The molecule has 1 aromatic heterocycles. The van der Waals surface area contributed by atoms with Gasteiger partial charge in [-0.25, -0.2) is 17.9 Å². The molecule has 0 unspecified atom stereocenters. The van der Waals surface area contributed by atoms with Crippen LogP contribution >= 0.6 is 0 Å². The number of hydrogen-bond donors (Lipinski definition) is 1. The number of aryl methyl sites for hydroxylation is 1. The quantitative estimate of drug-likeness (QED) is 0.513. The van der Waals surface area contributed by atoms with Crippen molar-refractivity contribution in [3.8, 4) is 0 Å². The molecular weight excluding hydrogens is 360 g/mol. The maximum atomic E-state index is 12.3. The SMILES string of the molecule is Cn1c(=O)n(CCNS(=O)(=O)c2cccc([N+](=O)[O-])c2)c2ccccc21. The van der Waals surface area contributed by atoms with Crippen LogP contribution in [0.15, 0.2) is 58.2 Å². The lowest BCUT2D eigenvalue weighted by Gasteiger charge is -2.07. The fraction of sp³-hybridized carbons (Fsp3) is 0.188. The molecule has 0 amide bonds. The van der Waals surface area contributed by atoms with Crippen LogP contribution in [-0.4, -0.2) is 29.0 Å². The van der Waals surface area contributed by atoms with Crippen molar-refractivity contribution in [2.24, 2.45) is 7.05 Å². The maximum absolute atomic E-state index is 12.3. The summed E-state index contributed by atoms with van der Waals surface area (Å²) in [7, 11) is -2.28. The minimum atomic E-state index is -3.92. The van der Waals surface area contributed by atoms with Crippen LogP contribution in [0.4, 0.5) is 5.69 Å². The fourth-order valence-electron chi connectivity index (χ4n) is 2.72. The van der Waals surface area contributed by atoms with E-state index in [1.54, 1.807) is 25.2 Å². The number of fused-ring (bicyclic) bond motifs is 1. The van der Waals surface area contributed by atoms with Gasteiger partial charge in [-0.2, -0.15) is 0 Å². The second-order valence-electron chi connectivity index (χ2n) is 5.63. The highest BCUT2D eigenvalue weighted by atomic mass is 32.2. The highest BCUT2D eigenvalue weighted by molar-refractivity contribution is 7.89. The first-order valence-corrected chi connectivity index (χ1v) is 9.18. The van der Waals surface area contributed by atoms with E-state index in [0.717, 1.165) is 11.6 Å². The first-order valence-electron chi connectivity index (χ1n) is 7.69. The van der Waals surface area contributed by atoms with E-state index in [1.165, 1.54) is 27.3 Å². The Morgan fingerprint density at radius 2 is 1.81 bits per heavy atom. The lowest BCUT2D eigenvalue weighted by molar-refractivity contribution is -0.385. The van der Waals surface area contributed by atoms with E-state index in [4.69, 9.17) is 0 Å². The van der Waals surface area contributed by atoms with Gasteiger partial charge < -0.3 is 0 Å². The molecule has 0 atom stereocenters. The topological polar surface area (TPSA) is 116 Å². The molecule has 0 aliphatic rings. The van der Waals surface area contributed by atoms with Crippen LogP contribution in [0.3, 0.4) is 0 Å². The number of imidazole rings is 1. The number of nitro groups is 1. The summed E-state index contributed by atoms with van der Waals surface area (Å²) in [6.07, 6.45) is 0. The Bertz CT molecular complexity index is 1150. The largest absolute Gasteiger partial charge is 0.328 e. The van der Waals surface area contributed by atoms with Gasteiger partial charge in [-0.1, -0.05) is 18.2 Å². The molecule has 9 nitrogen and oxygen atoms in total. The van der Waals surface area contributed by atoms with E-state index < -0.39 is 14.9 Å². The molecule has 0 saturated heterocycles. The average Bonchev–Trinajstić information content (AvgIpc) is 2.87. The predicted octanol–water partition coefficient (Wildman–Crippen LogP) is 1.23. The second kappa shape index (κ2) is 6.73. The van der Waals surface area contributed by atoms with Crippen molar-refractivity contribution in [3.05, 3.63) is 69.1 Å². The minimum Gasteiger partial charge on any atom is -0.295 e. The first-order chi connectivity index (χ1) is 12.3. The van der Waals surface area contributed by atoms with Crippen LogP contribution in [-0.2, 0) is 23.6 Å². The number of benzene rings is 2. The molecule has 0 aliphatic heterocycles. The summed E-state index contributed by atoms with van der Waals surface area (Å²) in [5.74, 6) is 0. The lowest BCUT2D eigenvalue weighted by atomic mass is 10.3. The highest BCUT2D eigenvalue weighted by Crippen LogP contribution is 2.17. The van der Waals surface area contributed by atoms with Crippen molar-refractivity contribution in [2.75, 3.05) is 6.54 Å². The van der Waals surface area contributed by atoms with Gasteiger partial charge in [-0.15, -0.1) is 0 Å². The van der Waals surface area contributed by atoms with Gasteiger partial charge in [0.2, 0.25) is 10.0 Å². The molecule has 0 fully saturated rings. The standard InChI is InChI=1S/C16H16N4O5S/c1-18-14-7-2-3-8-15(14)19(16(18)21)10-9-17-26(24,25)13-6-4-5-12(11-13)20(22)23/h2-8,11,17H,9-10H2,1H3. The maximum Gasteiger partial charge on any atom is 0.328 e. The Balaban J connectivity index is 1.80. The van der Waals surface area contributed by atoms with Crippen molar-refractivity contribution in [1.29, 1.82) is 0 Å². The van der Waals surface area contributed by atoms with Crippen LogP contribution in [0.5, 0.6) is 0 Å². The molecule has 0 spiro atoms. The second-order valence-corrected chi connectivity index (χ2v) is 7.40. The van der Waals surface area contributed by atoms with E-state index in [1.807, 2.05) is 6.07 Å². The van der Waals surface area contributed by atoms with E-state index in [0.29, 0.717) is 5.52 Å². The predicted molar refractivity (Wildman–Crippen MR) is 95.5 cm³/mol. The zero-order valence-corrected chi connectivity index (χ0v) is 14.6. The molecule has 0 saturated carbocycles. The average molecular weight is 376 g/mol. The summed E-state index contributed by atoms with van der Waals surface area (Å²) >= 11 is 0. The van der Waals surface area contributed by atoms with Crippen molar-refractivity contribution in [1.82, 2.24) is 13.9 Å². The summed E-state index contributed by atoms with van der Waals surface area (Å²) in [6.45, 7) is 0.104. The van der Waals surface area contributed by atoms with E-state index in [2.05, 4.69) is 4.72 Å². The molecular formula is C16H16N4O5S. The number of aromatic nitrogens is 2. The van der Waals surface area contributed by atoms with Crippen molar-refractivity contribution >= 4 is 26.7 Å². The Morgan fingerprint density at radius 1 is 1.12 bits per heavy atom. The van der Waals surface area contributed by atoms with Crippen LogP contribution in [0.25, 0.3) is 11.0 Å². The highest BCUT2D eigenvalue weighted by Gasteiger charge is 2.18. The molecule has 3 aromatic rings. The van der Waals surface area contributed by atoms with Gasteiger partial charge in [-0.05, 0) is 18.2 Å². The molecule has 0 aliphatic carbocycles. The van der Waals surface area contributed by atoms with Crippen molar-refractivity contribution < 1.29 is 13.3 Å². The third-order valence-electron chi connectivity index (χ3n) is 4.02. The summed E-state index contributed by atoms with van der Waals surface area (Å²) in [5.41, 5.74) is 0.896. The van der Waals surface area contributed by atoms with Crippen LogP contribution < -0.4 is 10.4 Å². The third-order valence-corrected chi connectivity index (χ3v) is 5.48. The van der Waals surface area contributed by atoms with Gasteiger partial charge in [0.15, 0.2) is 0 Å². The Hall–Kier alpha value is -2.98. The van der Waals surface area contributed by atoms with Gasteiger partial charge in [0.25, 0.3) is 5.69 Å². The van der Waals surface area contributed by atoms with Gasteiger partial charge in [0, 0.05) is 32.3 Å². The van der Waals surface area contributed by atoms with E-state index in [-0.39, 0.29) is 29.4 Å². The van der Waals surface area contributed by atoms with Gasteiger partial charge in [0.05, 0.1) is 20.9 Å². The molecule has 1 N–H and O–H groups in total.